The predicted octanol–water partition coefficient (Wildman–Crippen LogP) is 2.75. The third kappa shape index (κ3) is 1.80. The Balaban J connectivity index is 2.91. The van der Waals surface area contributed by atoms with Crippen LogP contribution >= 0.6 is 0 Å². The molecule has 0 bridgehead atoms. The molecular formula is C9H11N2-. The van der Waals surface area contributed by atoms with E-state index in [1.54, 1.807) is 13.2 Å². The average molecular weight is 147 g/mol. The van der Waals surface area contributed by atoms with E-state index < -0.39 is 0 Å². The number of hydrogen-bond acceptors (Lipinski definition) is 1. The molecule has 0 aliphatic carbocycles. The summed E-state index contributed by atoms with van der Waals surface area (Å²) in [6, 6.07) is 3.85. The second-order valence-corrected chi connectivity index (χ2v) is 2.41. The zero-order valence-electron chi connectivity index (χ0n) is 6.83. The molecule has 0 radical (unpaired) electrons. The van der Waals surface area contributed by atoms with Crippen LogP contribution in [-0.2, 0) is 0 Å². The predicted molar refractivity (Wildman–Crippen MR) is 47.9 cm³/mol. The quantitative estimate of drug-likeness (QED) is 0.631. The lowest BCUT2D eigenvalue weighted by molar-refractivity contribution is 1.30. The third-order valence-electron chi connectivity index (χ3n) is 1.47. The summed E-state index contributed by atoms with van der Waals surface area (Å²) >= 11 is 0. The average Bonchev–Trinajstić information content (AvgIpc) is 2.05. The smallest absolute Gasteiger partial charge is 0.0275 e. The Labute approximate surface area is 67.0 Å². The van der Waals surface area contributed by atoms with Gasteiger partial charge in [-0.3, -0.25) is 0 Å². The molecule has 1 aromatic rings. The Morgan fingerprint density at radius 3 is 2.64 bits per heavy atom. The van der Waals surface area contributed by atoms with Crippen molar-refractivity contribution in [1.82, 2.24) is 4.98 Å². The molecule has 2 heteroatoms. The van der Waals surface area contributed by atoms with Crippen LogP contribution in [0.4, 0.5) is 5.82 Å². The van der Waals surface area contributed by atoms with E-state index in [1.165, 1.54) is 0 Å². The van der Waals surface area contributed by atoms with Crippen LogP contribution in [0.2, 0.25) is 0 Å². The van der Waals surface area contributed by atoms with E-state index >= 15 is 0 Å². The Kier molecular flexibility index (Phi) is 2.26. The second kappa shape index (κ2) is 3.19. The largest absolute Gasteiger partial charge is 0.469 e. The van der Waals surface area contributed by atoms with Crippen LogP contribution in [0.15, 0.2) is 24.9 Å². The molecule has 0 saturated heterocycles. The third-order valence-corrected chi connectivity index (χ3v) is 1.47. The minimum Gasteiger partial charge on any atom is -0.469 e. The highest BCUT2D eigenvalue weighted by Crippen LogP contribution is 2.15. The topological polar surface area (TPSA) is 27.0 Å². The lowest BCUT2D eigenvalue weighted by Gasteiger charge is -2.09. The standard InChI is InChI=1S/C9H11N2/c1-7(2)8-4-5-9(10-3)11-6-8/h4-6H,1H2,2-3H3/q-1. The van der Waals surface area contributed by atoms with Crippen molar-refractivity contribution in [3.8, 4) is 0 Å². The van der Waals surface area contributed by atoms with E-state index in [0.717, 1.165) is 17.0 Å². The molecule has 58 valence electrons. The second-order valence-electron chi connectivity index (χ2n) is 2.41. The number of hydrogen-bond donors (Lipinski definition) is 0. The van der Waals surface area contributed by atoms with Crippen LogP contribution in [-0.4, -0.2) is 12.0 Å². The summed E-state index contributed by atoms with van der Waals surface area (Å²) in [4.78, 5) is 4.09. The maximum atomic E-state index is 4.09. The number of nitrogens with zero attached hydrogens (tertiary/aromatic N) is 2. The van der Waals surface area contributed by atoms with Crippen LogP contribution in [0, 0.1) is 0 Å². The zero-order valence-corrected chi connectivity index (χ0v) is 6.83. The van der Waals surface area contributed by atoms with Gasteiger partial charge in [0.05, 0.1) is 0 Å². The minimum atomic E-state index is 0.759. The molecule has 1 aromatic heterocycles. The van der Waals surface area contributed by atoms with Gasteiger partial charge < -0.3 is 10.3 Å². The number of rotatable bonds is 2. The lowest BCUT2D eigenvalue weighted by atomic mass is 10.1. The summed E-state index contributed by atoms with van der Waals surface area (Å²) in [5, 5.41) is 3.93. The number of aromatic nitrogens is 1. The van der Waals surface area contributed by atoms with Crippen LogP contribution in [0.3, 0.4) is 0 Å². The van der Waals surface area contributed by atoms with Gasteiger partial charge in [-0.05, 0) is 12.5 Å². The Morgan fingerprint density at radius 1 is 1.55 bits per heavy atom. The van der Waals surface area contributed by atoms with Gasteiger partial charge >= 0.3 is 0 Å². The SMILES string of the molecule is C=C(C)c1ccc([N-]C)nc1. The maximum absolute atomic E-state index is 4.09. The summed E-state index contributed by atoms with van der Waals surface area (Å²) in [5.41, 5.74) is 2.09. The molecule has 0 aromatic carbocycles. The van der Waals surface area contributed by atoms with Crippen LogP contribution in [0.5, 0.6) is 0 Å². The highest BCUT2D eigenvalue weighted by atomic mass is 14.9. The Morgan fingerprint density at radius 2 is 2.27 bits per heavy atom. The van der Waals surface area contributed by atoms with Gasteiger partial charge in [-0.15, -0.1) is 0 Å². The van der Waals surface area contributed by atoms with Crippen molar-refractivity contribution in [2.24, 2.45) is 0 Å². The van der Waals surface area contributed by atoms with Gasteiger partial charge in [0.15, 0.2) is 0 Å². The van der Waals surface area contributed by atoms with Gasteiger partial charge in [0.2, 0.25) is 0 Å². The minimum absolute atomic E-state index is 0.759. The molecule has 0 fully saturated rings. The molecule has 0 atom stereocenters. The lowest BCUT2D eigenvalue weighted by Crippen LogP contribution is -1.80. The summed E-state index contributed by atoms with van der Waals surface area (Å²) in [5.74, 6) is 0.759. The molecule has 0 amide bonds. The highest BCUT2D eigenvalue weighted by Gasteiger charge is 1.87. The van der Waals surface area contributed by atoms with Gasteiger partial charge in [0.25, 0.3) is 0 Å². The summed E-state index contributed by atoms with van der Waals surface area (Å²) < 4.78 is 0. The first kappa shape index (κ1) is 7.79. The van der Waals surface area contributed by atoms with Crippen molar-refractivity contribution >= 4 is 11.4 Å². The number of allylic oxidation sites excluding steroid dienone is 1. The first-order chi connectivity index (χ1) is 5.24. The number of pyridine rings is 1. The van der Waals surface area contributed by atoms with Crippen molar-refractivity contribution in [2.45, 2.75) is 6.92 Å². The van der Waals surface area contributed by atoms with Crippen molar-refractivity contribution < 1.29 is 0 Å². The first-order valence-electron chi connectivity index (χ1n) is 3.46. The molecule has 0 unspecified atom stereocenters. The summed E-state index contributed by atoms with van der Waals surface area (Å²) in [7, 11) is 1.72. The Bertz CT molecular complexity index is 249. The summed E-state index contributed by atoms with van der Waals surface area (Å²) in [6.07, 6.45) is 1.78. The molecule has 1 rings (SSSR count). The monoisotopic (exact) mass is 147 g/mol. The van der Waals surface area contributed by atoms with E-state index in [2.05, 4.69) is 16.9 Å². The van der Waals surface area contributed by atoms with E-state index in [4.69, 9.17) is 0 Å². The first-order valence-corrected chi connectivity index (χ1v) is 3.46. The van der Waals surface area contributed by atoms with Gasteiger partial charge in [-0.2, -0.15) is 0 Å². The van der Waals surface area contributed by atoms with E-state index in [-0.39, 0.29) is 0 Å². The van der Waals surface area contributed by atoms with Crippen molar-refractivity contribution in [3.05, 3.63) is 35.8 Å². The zero-order chi connectivity index (χ0) is 8.27. The van der Waals surface area contributed by atoms with Crippen LogP contribution in [0.25, 0.3) is 10.9 Å². The fourth-order valence-corrected chi connectivity index (χ4v) is 0.771. The van der Waals surface area contributed by atoms with Gasteiger partial charge in [0.1, 0.15) is 0 Å². The fraction of sp³-hybridized carbons (Fsp3) is 0.222. The van der Waals surface area contributed by atoms with Crippen molar-refractivity contribution in [2.75, 3.05) is 7.05 Å². The normalized spacial score (nSPS) is 9.27. The maximum Gasteiger partial charge on any atom is -0.0275 e. The highest BCUT2D eigenvalue weighted by molar-refractivity contribution is 5.61. The molecule has 0 aliphatic heterocycles. The van der Waals surface area contributed by atoms with E-state index in [9.17, 15) is 0 Å². The van der Waals surface area contributed by atoms with Gasteiger partial charge in [0, 0.05) is 0 Å². The molecular weight excluding hydrogens is 136 g/mol. The van der Waals surface area contributed by atoms with Gasteiger partial charge in [-0.1, -0.05) is 43.3 Å². The van der Waals surface area contributed by atoms with Crippen molar-refractivity contribution in [3.63, 3.8) is 0 Å². The molecule has 0 saturated carbocycles. The molecule has 2 nitrogen and oxygen atoms in total. The Hall–Kier alpha value is -1.31. The van der Waals surface area contributed by atoms with Crippen molar-refractivity contribution in [1.29, 1.82) is 0 Å². The molecule has 0 aliphatic rings. The molecule has 0 N–H and O–H groups in total. The fourth-order valence-electron chi connectivity index (χ4n) is 0.771. The van der Waals surface area contributed by atoms with Crippen LogP contribution < -0.4 is 0 Å². The molecule has 0 spiro atoms. The van der Waals surface area contributed by atoms with Gasteiger partial charge in [-0.25, -0.2) is 0 Å². The van der Waals surface area contributed by atoms with E-state index in [1.807, 2.05) is 19.1 Å². The molecule has 1 heterocycles. The molecule has 11 heavy (non-hydrogen) atoms. The van der Waals surface area contributed by atoms with E-state index in [0.29, 0.717) is 0 Å². The van der Waals surface area contributed by atoms with Crippen LogP contribution in [0.1, 0.15) is 12.5 Å². The summed E-state index contributed by atoms with van der Waals surface area (Å²) in [6.45, 7) is 5.77.